The van der Waals surface area contributed by atoms with E-state index in [9.17, 15) is 4.79 Å². The van der Waals surface area contributed by atoms with Crippen molar-refractivity contribution in [3.05, 3.63) is 28.8 Å². The molecule has 0 amide bonds. The van der Waals surface area contributed by atoms with E-state index in [0.717, 1.165) is 5.56 Å². The monoisotopic (exact) mass is 274 g/mol. The summed E-state index contributed by atoms with van der Waals surface area (Å²) in [6.45, 7) is 3.82. The summed E-state index contributed by atoms with van der Waals surface area (Å²) >= 11 is 11.5. The van der Waals surface area contributed by atoms with E-state index in [1.807, 2.05) is 13.0 Å². The molecule has 0 unspecified atom stereocenters. The molecule has 0 saturated carbocycles. The predicted molar refractivity (Wildman–Crippen MR) is 69.7 cm³/mol. The molecule has 0 fully saturated rings. The maximum atomic E-state index is 11.2. The number of hydrogen-bond donors (Lipinski definition) is 1. The van der Waals surface area contributed by atoms with Gasteiger partial charge in [-0.15, -0.1) is 0 Å². The quantitative estimate of drug-likeness (QED) is 0.521. The summed E-state index contributed by atoms with van der Waals surface area (Å²) < 4.78 is 4.68. The van der Waals surface area contributed by atoms with E-state index < -0.39 is 5.97 Å². The van der Waals surface area contributed by atoms with E-state index in [1.54, 1.807) is 19.1 Å². The highest BCUT2D eigenvalue weighted by Gasteiger charge is 2.09. The zero-order valence-corrected chi connectivity index (χ0v) is 11.0. The van der Waals surface area contributed by atoms with Gasteiger partial charge >= 0.3 is 5.97 Å². The minimum absolute atomic E-state index is 0.251. The fourth-order valence-electron chi connectivity index (χ4n) is 1.06. The molecule has 4 nitrogen and oxygen atoms in total. The molecule has 0 aliphatic heterocycles. The van der Waals surface area contributed by atoms with Gasteiger partial charge < -0.3 is 4.74 Å². The lowest BCUT2D eigenvalue weighted by molar-refractivity contribution is -0.134. The Bertz CT molecular complexity index is 447. The molecule has 0 spiro atoms. The zero-order valence-electron chi connectivity index (χ0n) is 9.46. The highest BCUT2D eigenvalue weighted by atomic mass is 35.5. The van der Waals surface area contributed by atoms with Gasteiger partial charge in [0.05, 0.1) is 12.3 Å². The fourth-order valence-corrected chi connectivity index (χ4v) is 1.33. The topological polar surface area (TPSA) is 50.7 Å². The summed E-state index contributed by atoms with van der Waals surface area (Å²) in [5.41, 5.74) is 4.28. The Hall–Kier alpha value is -1.26. The molecule has 0 heterocycles. The van der Waals surface area contributed by atoms with Crippen LogP contribution in [0.15, 0.2) is 23.3 Å². The van der Waals surface area contributed by atoms with Gasteiger partial charge in [0, 0.05) is 5.02 Å². The minimum Gasteiger partial charge on any atom is -0.461 e. The second kappa shape index (κ2) is 6.47. The summed E-state index contributed by atoms with van der Waals surface area (Å²) in [6.07, 6.45) is 0. The number of rotatable bonds is 4. The van der Waals surface area contributed by atoms with Crippen LogP contribution < -0.4 is 5.43 Å². The highest BCUT2D eigenvalue weighted by molar-refractivity contribution is 6.82. The molecule has 0 aromatic heterocycles. The Labute approximate surface area is 110 Å². The largest absolute Gasteiger partial charge is 0.461 e. The number of hydrogen-bond acceptors (Lipinski definition) is 4. The molecule has 0 atom stereocenters. The summed E-state index contributed by atoms with van der Waals surface area (Å²) in [5, 5.41) is 4.03. The van der Waals surface area contributed by atoms with Gasteiger partial charge in [-0.05, 0) is 31.5 Å². The van der Waals surface area contributed by atoms with E-state index in [-0.39, 0.29) is 11.8 Å². The first-order valence-corrected chi connectivity index (χ1v) is 5.72. The van der Waals surface area contributed by atoms with Gasteiger partial charge in [-0.3, -0.25) is 5.43 Å². The average Bonchev–Trinajstić information content (AvgIpc) is 2.30. The van der Waals surface area contributed by atoms with Gasteiger partial charge in [-0.25, -0.2) is 4.79 Å². The van der Waals surface area contributed by atoms with Crippen LogP contribution in [0.2, 0.25) is 5.02 Å². The molecular weight excluding hydrogens is 263 g/mol. The third kappa shape index (κ3) is 4.24. The molecule has 17 heavy (non-hydrogen) atoms. The molecule has 0 radical (unpaired) electrons. The number of anilines is 1. The van der Waals surface area contributed by atoms with Gasteiger partial charge in [0.25, 0.3) is 0 Å². The van der Waals surface area contributed by atoms with Crippen LogP contribution in [0.3, 0.4) is 0 Å². The normalized spacial score (nSPS) is 11.2. The molecule has 1 rings (SSSR count). The highest BCUT2D eigenvalue weighted by Crippen LogP contribution is 2.20. The predicted octanol–water partition coefficient (Wildman–Crippen LogP) is 3.18. The molecule has 1 aromatic rings. The third-order valence-corrected chi connectivity index (χ3v) is 2.39. The first-order valence-electron chi connectivity index (χ1n) is 4.97. The lowest BCUT2D eigenvalue weighted by atomic mass is 10.2. The minimum atomic E-state index is -0.665. The Balaban J connectivity index is 2.75. The maximum Gasteiger partial charge on any atom is 0.370 e. The molecule has 0 aliphatic rings. The number of carbonyl (C=O) groups is 1. The van der Waals surface area contributed by atoms with Gasteiger partial charge in [0.15, 0.2) is 0 Å². The third-order valence-electron chi connectivity index (χ3n) is 1.92. The van der Waals surface area contributed by atoms with Crippen molar-refractivity contribution in [2.75, 3.05) is 12.0 Å². The van der Waals surface area contributed by atoms with Crippen LogP contribution in [0, 0.1) is 6.92 Å². The van der Waals surface area contributed by atoms with Crippen molar-refractivity contribution < 1.29 is 9.53 Å². The van der Waals surface area contributed by atoms with Crippen molar-refractivity contribution in [3.8, 4) is 0 Å². The van der Waals surface area contributed by atoms with Crippen molar-refractivity contribution in [2.24, 2.45) is 5.10 Å². The summed E-state index contributed by atoms with van der Waals surface area (Å²) in [7, 11) is 0. The van der Waals surface area contributed by atoms with E-state index in [0.29, 0.717) is 10.7 Å². The molecule has 6 heteroatoms. The Kier molecular flexibility index (Phi) is 5.25. The SMILES string of the molecule is CCOC(=O)C(Cl)=NNc1cc(Cl)ccc1C. The Morgan fingerprint density at radius 2 is 2.24 bits per heavy atom. The Morgan fingerprint density at radius 1 is 1.53 bits per heavy atom. The van der Waals surface area contributed by atoms with Crippen LogP contribution in [0.4, 0.5) is 5.69 Å². The van der Waals surface area contributed by atoms with Gasteiger partial charge in [-0.1, -0.05) is 29.3 Å². The Morgan fingerprint density at radius 3 is 2.88 bits per heavy atom. The van der Waals surface area contributed by atoms with E-state index >= 15 is 0 Å². The van der Waals surface area contributed by atoms with E-state index in [1.165, 1.54) is 0 Å². The molecule has 92 valence electrons. The van der Waals surface area contributed by atoms with E-state index in [2.05, 4.69) is 15.3 Å². The van der Waals surface area contributed by atoms with Gasteiger partial charge in [0.2, 0.25) is 5.17 Å². The number of hydrazone groups is 1. The molecule has 0 saturated heterocycles. The molecule has 1 N–H and O–H groups in total. The van der Waals surface area contributed by atoms with Crippen molar-refractivity contribution >= 4 is 40.0 Å². The van der Waals surface area contributed by atoms with Crippen molar-refractivity contribution in [1.82, 2.24) is 0 Å². The molecule has 1 aromatic carbocycles. The number of esters is 1. The standard InChI is InChI=1S/C11H12Cl2N2O2/c1-3-17-11(16)10(13)15-14-9-6-8(12)5-4-7(9)2/h4-6,14H,3H2,1-2H3. The fraction of sp³-hybridized carbons (Fsp3) is 0.273. The first-order chi connectivity index (χ1) is 8.04. The van der Waals surface area contributed by atoms with Crippen LogP contribution in [0.1, 0.15) is 12.5 Å². The van der Waals surface area contributed by atoms with Crippen LogP contribution in [-0.4, -0.2) is 17.7 Å². The second-order valence-corrected chi connectivity index (χ2v) is 3.99. The average molecular weight is 275 g/mol. The lowest BCUT2D eigenvalue weighted by Crippen LogP contribution is -2.13. The van der Waals surface area contributed by atoms with Crippen molar-refractivity contribution in [3.63, 3.8) is 0 Å². The number of carbonyl (C=O) groups excluding carboxylic acids is 1. The number of halogens is 2. The molecule has 0 bridgehead atoms. The van der Waals surface area contributed by atoms with E-state index in [4.69, 9.17) is 23.2 Å². The van der Waals surface area contributed by atoms with Gasteiger partial charge in [0.1, 0.15) is 0 Å². The van der Waals surface area contributed by atoms with Crippen LogP contribution >= 0.6 is 23.2 Å². The number of ether oxygens (including phenoxy) is 1. The van der Waals surface area contributed by atoms with Crippen molar-refractivity contribution in [1.29, 1.82) is 0 Å². The summed E-state index contributed by atoms with van der Waals surface area (Å²) in [5.74, 6) is -0.665. The number of aryl methyl sites for hydroxylation is 1. The maximum absolute atomic E-state index is 11.2. The number of benzene rings is 1. The first kappa shape index (κ1) is 13.8. The lowest BCUT2D eigenvalue weighted by Gasteiger charge is -2.05. The van der Waals surface area contributed by atoms with Gasteiger partial charge in [-0.2, -0.15) is 5.10 Å². The summed E-state index contributed by atoms with van der Waals surface area (Å²) in [6, 6.07) is 5.28. The smallest absolute Gasteiger partial charge is 0.370 e. The van der Waals surface area contributed by atoms with Crippen LogP contribution in [0.25, 0.3) is 0 Å². The molecule has 0 aliphatic carbocycles. The number of nitrogens with zero attached hydrogens (tertiary/aromatic N) is 1. The summed E-state index contributed by atoms with van der Waals surface area (Å²) in [4.78, 5) is 11.2. The van der Waals surface area contributed by atoms with Crippen molar-refractivity contribution in [2.45, 2.75) is 13.8 Å². The molecular formula is C11H12Cl2N2O2. The zero-order chi connectivity index (χ0) is 12.8. The number of nitrogens with one attached hydrogen (secondary N) is 1. The second-order valence-electron chi connectivity index (χ2n) is 3.19. The van der Waals surface area contributed by atoms with Crippen LogP contribution in [-0.2, 0) is 9.53 Å². The van der Waals surface area contributed by atoms with Crippen LogP contribution in [0.5, 0.6) is 0 Å².